The van der Waals surface area contributed by atoms with Gasteiger partial charge in [-0.05, 0) is 88.0 Å². The number of carbonyl (C=O) groups excluding carboxylic acids is 2. The highest BCUT2D eigenvalue weighted by atomic mass is 19.1. The molecular weight excluding hydrogens is 637 g/mol. The van der Waals surface area contributed by atoms with E-state index in [9.17, 15) is 14.4 Å². The van der Waals surface area contributed by atoms with Crippen LogP contribution in [0.5, 0.6) is 11.5 Å². The van der Waals surface area contributed by atoms with Gasteiger partial charge in [-0.2, -0.15) is 0 Å². The molecule has 7 rings (SSSR count). The minimum absolute atomic E-state index is 0.0623. The molecule has 1 N–H and O–H groups in total. The van der Waals surface area contributed by atoms with Crippen LogP contribution in [0.3, 0.4) is 0 Å². The quantitative estimate of drug-likeness (QED) is 0.217. The third kappa shape index (κ3) is 6.16. The lowest BCUT2D eigenvalue weighted by Crippen LogP contribution is -2.50. The van der Waals surface area contributed by atoms with Gasteiger partial charge < -0.3 is 34.1 Å². The summed E-state index contributed by atoms with van der Waals surface area (Å²) in [4.78, 5) is 46.8. The average Bonchev–Trinajstić information content (AvgIpc) is 3.46. The standard InChI is InChI=1S/C39H46FN5O5/c1-38(2,3)50-37(48)44-14-10-13-25-18-43(20-30(25)44)33-28(40)17-26-32-35(33)49-31-16-24-12-9-8-11-23(24)15-29(31)45(32)19-27(34(26)46)36(47)41-21-39(4,5)22-42(6)7/h8-9,11-12,15-17,19,25,30H,10,13-14,18,20-22H2,1-7H3,(H,41,47). The number of nitrogens with one attached hydrogen (secondary N) is 1. The zero-order valence-corrected chi connectivity index (χ0v) is 29.9. The summed E-state index contributed by atoms with van der Waals surface area (Å²) in [5, 5.41) is 4.91. The summed E-state index contributed by atoms with van der Waals surface area (Å²) in [6.07, 6.45) is 2.93. The van der Waals surface area contributed by atoms with E-state index in [1.807, 2.05) is 90.0 Å². The number of fused-ring (bicyclic) bond motifs is 4. The Labute approximate surface area is 291 Å². The first-order valence-corrected chi connectivity index (χ1v) is 17.4. The van der Waals surface area contributed by atoms with Crippen LogP contribution in [0.4, 0.5) is 14.9 Å². The maximum atomic E-state index is 16.6. The molecule has 4 aromatic rings. The third-order valence-corrected chi connectivity index (χ3v) is 9.91. The number of aromatic nitrogens is 1. The highest BCUT2D eigenvalue weighted by molar-refractivity contribution is 6.02. The Balaban J connectivity index is 1.34. The summed E-state index contributed by atoms with van der Waals surface area (Å²) in [5.41, 5.74) is -0.234. The van der Waals surface area contributed by atoms with Gasteiger partial charge in [-0.3, -0.25) is 9.59 Å². The number of anilines is 1. The SMILES string of the molecule is CN(C)CC(C)(C)CNC(=O)c1cn2c3c(c(N4CC5CCCN(C(=O)OC(C)(C)C)C5C4)c(F)cc3c1=O)Oc1cc3ccccc3cc1-2. The molecule has 264 valence electrons. The molecule has 3 aliphatic rings. The highest BCUT2D eigenvalue weighted by Crippen LogP contribution is 2.49. The molecule has 2 atom stereocenters. The Kier molecular flexibility index (Phi) is 8.32. The molecule has 0 saturated carbocycles. The number of piperidine rings is 1. The lowest BCUT2D eigenvalue weighted by atomic mass is 9.92. The van der Waals surface area contributed by atoms with Gasteiger partial charge in [-0.25, -0.2) is 9.18 Å². The van der Waals surface area contributed by atoms with E-state index in [1.165, 1.54) is 6.07 Å². The van der Waals surface area contributed by atoms with Gasteiger partial charge >= 0.3 is 6.09 Å². The fourth-order valence-corrected chi connectivity index (χ4v) is 7.98. The second-order valence-corrected chi connectivity index (χ2v) is 16.1. The van der Waals surface area contributed by atoms with Gasteiger partial charge in [0.25, 0.3) is 5.91 Å². The second kappa shape index (κ2) is 12.3. The molecule has 1 aromatic heterocycles. The van der Waals surface area contributed by atoms with Crippen molar-refractivity contribution in [1.82, 2.24) is 19.7 Å². The van der Waals surface area contributed by atoms with Crippen LogP contribution in [0.1, 0.15) is 57.8 Å². The number of likely N-dealkylation sites (tertiary alicyclic amines) is 1. The van der Waals surface area contributed by atoms with Crippen LogP contribution in [0.25, 0.3) is 27.4 Å². The lowest BCUT2D eigenvalue weighted by molar-refractivity contribution is 0.00668. The smallest absolute Gasteiger partial charge is 0.410 e. The Bertz CT molecular complexity index is 2080. The summed E-state index contributed by atoms with van der Waals surface area (Å²) in [5.74, 6) is -0.311. The molecule has 2 amide bonds. The van der Waals surface area contributed by atoms with Crippen molar-refractivity contribution >= 4 is 39.4 Å². The molecule has 2 fully saturated rings. The number of rotatable bonds is 6. The number of hydrogen-bond acceptors (Lipinski definition) is 7. The lowest BCUT2D eigenvalue weighted by Gasteiger charge is -2.37. The average molecular weight is 684 g/mol. The largest absolute Gasteiger partial charge is 0.451 e. The molecule has 3 aromatic carbocycles. The maximum absolute atomic E-state index is 16.6. The summed E-state index contributed by atoms with van der Waals surface area (Å²) in [6, 6.07) is 12.8. The Hall–Kier alpha value is -4.64. The number of ether oxygens (including phenoxy) is 2. The van der Waals surface area contributed by atoms with Gasteiger partial charge in [0, 0.05) is 38.9 Å². The van der Waals surface area contributed by atoms with Gasteiger partial charge in [0.15, 0.2) is 17.3 Å². The Morgan fingerprint density at radius 3 is 2.48 bits per heavy atom. The van der Waals surface area contributed by atoms with Gasteiger partial charge in [0.05, 0.1) is 17.1 Å². The molecule has 0 bridgehead atoms. The van der Waals surface area contributed by atoms with E-state index < -0.39 is 22.8 Å². The number of nitrogens with zero attached hydrogens (tertiary/aromatic N) is 4. The molecule has 3 aliphatic heterocycles. The molecule has 0 spiro atoms. The van der Waals surface area contributed by atoms with Crippen LogP contribution in [0.15, 0.2) is 53.5 Å². The first-order chi connectivity index (χ1) is 23.6. The van der Waals surface area contributed by atoms with E-state index in [4.69, 9.17) is 9.47 Å². The highest BCUT2D eigenvalue weighted by Gasteiger charge is 2.44. The van der Waals surface area contributed by atoms with Crippen LogP contribution in [-0.4, -0.2) is 84.8 Å². The van der Waals surface area contributed by atoms with Gasteiger partial charge in [-0.15, -0.1) is 0 Å². The van der Waals surface area contributed by atoms with Crippen LogP contribution < -0.4 is 20.4 Å². The van der Waals surface area contributed by atoms with Crippen molar-refractivity contribution < 1.29 is 23.5 Å². The van der Waals surface area contributed by atoms with E-state index in [1.54, 1.807) is 15.7 Å². The molecule has 2 saturated heterocycles. The van der Waals surface area contributed by atoms with Gasteiger partial charge in [0.2, 0.25) is 5.43 Å². The normalized spacial score (nSPS) is 18.7. The van der Waals surface area contributed by atoms with E-state index in [2.05, 4.69) is 10.2 Å². The molecular formula is C39H46FN5O5. The predicted molar refractivity (Wildman–Crippen MR) is 193 cm³/mol. The minimum atomic E-state index is -0.635. The molecule has 50 heavy (non-hydrogen) atoms. The van der Waals surface area contributed by atoms with Crippen LogP contribution in [0.2, 0.25) is 0 Å². The van der Waals surface area contributed by atoms with E-state index in [0.29, 0.717) is 43.1 Å². The van der Waals surface area contributed by atoms with Crippen LogP contribution in [0, 0.1) is 17.2 Å². The molecule has 10 nitrogen and oxygen atoms in total. The van der Waals surface area contributed by atoms with Crippen molar-refractivity contribution in [1.29, 1.82) is 0 Å². The number of pyridine rings is 1. The Morgan fingerprint density at radius 1 is 1.06 bits per heavy atom. The van der Waals surface area contributed by atoms with Crippen molar-refractivity contribution in [2.75, 3.05) is 51.7 Å². The number of carbonyl (C=O) groups is 2. The molecule has 2 unspecified atom stereocenters. The fourth-order valence-electron chi connectivity index (χ4n) is 7.98. The van der Waals surface area contributed by atoms with Crippen LogP contribution in [-0.2, 0) is 4.74 Å². The minimum Gasteiger partial charge on any atom is -0.451 e. The number of benzene rings is 3. The van der Waals surface area contributed by atoms with Crippen LogP contribution >= 0.6 is 0 Å². The summed E-state index contributed by atoms with van der Waals surface area (Å²) >= 11 is 0. The van der Waals surface area contributed by atoms with E-state index >= 15 is 4.39 Å². The fraction of sp³-hybridized carbons (Fsp3) is 0.462. The van der Waals surface area contributed by atoms with Gasteiger partial charge in [0.1, 0.15) is 22.4 Å². The van der Waals surface area contributed by atoms with E-state index in [0.717, 1.165) is 30.2 Å². The number of hydrogen-bond donors (Lipinski definition) is 1. The second-order valence-electron chi connectivity index (χ2n) is 16.1. The predicted octanol–water partition coefficient (Wildman–Crippen LogP) is 6.54. The maximum Gasteiger partial charge on any atom is 0.410 e. The molecule has 11 heteroatoms. The molecule has 0 aliphatic carbocycles. The van der Waals surface area contributed by atoms with Crippen molar-refractivity contribution in [3.63, 3.8) is 0 Å². The first-order valence-electron chi connectivity index (χ1n) is 17.4. The van der Waals surface area contributed by atoms with Crippen molar-refractivity contribution in [3.8, 4) is 17.2 Å². The summed E-state index contributed by atoms with van der Waals surface area (Å²) in [7, 11) is 3.95. The monoisotopic (exact) mass is 683 g/mol. The first kappa shape index (κ1) is 33.8. The summed E-state index contributed by atoms with van der Waals surface area (Å²) in [6.45, 7) is 12.2. The van der Waals surface area contributed by atoms with E-state index in [-0.39, 0.29) is 45.9 Å². The van der Waals surface area contributed by atoms with Crippen molar-refractivity contribution in [2.24, 2.45) is 11.3 Å². The van der Waals surface area contributed by atoms with Crippen molar-refractivity contribution in [3.05, 3.63) is 70.3 Å². The Morgan fingerprint density at radius 2 is 1.78 bits per heavy atom. The number of amides is 2. The number of halogens is 1. The van der Waals surface area contributed by atoms with Gasteiger partial charge in [-0.1, -0.05) is 38.1 Å². The zero-order valence-electron chi connectivity index (χ0n) is 29.9. The molecule has 0 radical (unpaired) electrons. The topological polar surface area (TPSA) is 96.4 Å². The third-order valence-electron chi connectivity index (χ3n) is 9.91. The van der Waals surface area contributed by atoms with Crippen molar-refractivity contribution in [2.45, 2.75) is 59.1 Å². The zero-order chi connectivity index (χ0) is 35.7. The molecule has 4 heterocycles. The summed E-state index contributed by atoms with van der Waals surface area (Å²) < 4.78 is 30.8.